The highest BCUT2D eigenvalue weighted by Crippen LogP contribution is 2.32. The van der Waals surface area contributed by atoms with E-state index in [0.717, 1.165) is 31.6 Å². The molecule has 1 aromatic heterocycles. The molecular weight excluding hydrogens is 240 g/mol. The molecule has 1 fully saturated rings. The average molecular weight is 266 g/mol. The summed E-state index contributed by atoms with van der Waals surface area (Å²) in [4.78, 5) is 2.45. The molecule has 3 N–H and O–H groups in total. The predicted molar refractivity (Wildman–Crippen MR) is 75.8 cm³/mol. The van der Waals surface area contributed by atoms with E-state index in [9.17, 15) is 5.11 Å². The summed E-state index contributed by atoms with van der Waals surface area (Å²) >= 11 is 0. The Morgan fingerprint density at radius 2 is 2.37 bits per heavy atom. The maximum absolute atomic E-state index is 9.26. The average Bonchev–Trinajstić information content (AvgIpc) is 2.95. The molecule has 1 saturated heterocycles. The third-order valence-corrected chi connectivity index (χ3v) is 4.20. The van der Waals surface area contributed by atoms with E-state index in [4.69, 9.17) is 10.2 Å². The molecule has 1 aromatic rings. The minimum absolute atomic E-state index is 0.0745. The predicted octanol–water partition coefficient (Wildman–Crippen LogP) is 2.29. The van der Waals surface area contributed by atoms with E-state index in [2.05, 4.69) is 11.8 Å². The third-order valence-electron chi connectivity index (χ3n) is 4.20. The van der Waals surface area contributed by atoms with Crippen molar-refractivity contribution in [3.8, 4) is 0 Å². The quantitative estimate of drug-likeness (QED) is 0.829. The van der Waals surface area contributed by atoms with Crippen LogP contribution in [-0.4, -0.2) is 35.2 Å². The molecule has 0 aromatic carbocycles. The monoisotopic (exact) mass is 266 g/mol. The van der Waals surface area contributed by atoms with Crippen LogP contribution in [0.1, 0.15) is 50.8 Å². The second-order valence-corrected chi connectivity index (χ2v) is 5.43. The Morgan fingerprint density at radius 3 is 3.00 bits per heavy atom. The lowest BCUT2D eigenvalue weighted by atomic mass is 9.93. The van der Waals surface area contributed by atoms with Crippen molar-refractivity contribution in [3.63, 3.8) is 0 Å². The SMILES string of the molecule is CCC(N)C(c1ccco1)N1CCCCC1CCO. The first kappa shape index (κ1) is 14.6. The summed E-state index contributed by atoms with van der Waals surface area (Å²) in [5, 5.41) is 9.26. The number of rotatable bonds is 6. The molecular formula is C15H26N2O2. The number of hydrogen-bond acceptors (Lipinski definition) is 4. The van der Waals surface area contributed by atoms with Gasteiger partial charge in [-0.2, -0.15) is 0 Å². The van der Waals surface area contributed by atoms with E-state index in [-0.39, 0.29) is 18.7 Å². The molecule has 4 nitrogen and oxygen atoms in total. The van der Waals surface area contributed by atoms with Crippen LogP contribution in [0.15, 0.2) is 22.8 Å². The summed E-state index contributed by atoms with van der Waals surface area (Å²) in [6.07, 6.45) is 7.06. The lowest BCUT2D eigenvalue weighted by molar-refractivity contribution is 0.0516. The minimum Gasteiger partial charge on any atom is -0.468 e. The van der Waals surface area contributed by atoms with Gasteiger partial charge in [-0.05, 0) is 44.4 Å². The van der Waals surface area contributed by atoms with Gasteiger partial charge in [0.1, 0.15) is 5.76 Å². The van der Waals surface area contributed by atoms with Gasteiger partial charge in [0, 0.05) is 18.7 Å². The molecule has 2 rings (SSSR count). The van der Waals surface area contributed by atoms with Crippen molar-refractivity contribution in [1.29, 1.82) is 0 Å². The normalized spacial score (nSPS) is 24.3. The van der Waals surface area contributed by atoms with Crippen LogP contribution >= 0.6 is 0 Å². The molecule has 0 radical (unpaired) electrons. The van der Waals surface area contributed by atoms with Gasteiger partial charge in [0.2, 0.25) is 0 Å². The van der Waals surface area contributed by atoms with E-state index in [1.54, 1.807) is 6.26 Å². The van der Waals surface area contributed by atoms with Crippen LogP contribution in [0.2, 0.25) is 0 Å². The van der Waals surface area contributed by atoms with Crippen molar-refractivity contribution in [2.24, 2.45) is 5.73 Å². The number of aliphatic hydroxyl groups excluding tert-OH is 1. The zero-order chi connectivity index (χ0) is 13.7. The van der Waals surface area contributed by atoms with Crippen LogP contribution in [0.4, 0.5) is 0 Å². The van der Waals surface area contributed by atoms with Crippen LogP contribution in [-0.2, 0) is 0 Å². The Balaban J connectivity index is 2.20. The lowest BCUT2D eigenvalue weighted by Crippen LogP contribution is -2.48. The van der Waals surface area contributed by atoms with Crippen molar-refractivity contribution < 1.29 is 9.52 Å². The molecule has 0 aliphatic carbocycles. The van der Waals surface area contributed by atoms with Gasteiger partial charge >= 0.3 is 0 Å². The van der Waals surface area contributed by atoms with Crippen LogP contribution in [0.25, 0.3) is 0 Å². The molecule has 19 heavy (non-hydrogen) atoms. The van der Waals surface area contributed by atoms with E-state index < -0.39 is 0 Å². The number of nitrogens with zero attached hydrogens (tertiary/aromatic N) is 1. The van der Waals surface area contributed by atoms with Gasteiger partial charge in [-0.1, -0.05) is 13.3 Å². The third kappa shape index (κ3) is 3.38. The molecule has 3 unspecified atom stereocenters. The molecule has 2 heterocycles. The summed E-state index contributed by atoms with van der Waals surface area (Å²) in [7, 11) is 0. The molecule has 1 aliphatic rings. The van der Waals surface area contributed by atoms with Gasteiger partial charge in [-0.15, -0.1) is 0 Å². The van der Waals surface area contributed by atoms with E-state index >= 15 is 0 Å². The fraction of sp³-hybridized carbons (Fsp3) is 0.733. The summed E-state index contributed by atoms with van der Waals surface area (Å²) in [6.45, 7) is 3.41. The second-order valence-electron chi connectivity index (χ2n) is 5.43. The van der Waals surface area contributed by atoms with Gasteiger partial charge in [-0.25, -0.2) is 0 Å². The highest BCUT2D eigenvalue weighted by molar-refractivity contribution is 5.09. The highest BCUT2D eigenvalue weighted by Gasteiger charge is 2.34. The van der Waals surface area contributed by atoms with Gasteiger partial charge in [0.25, 0.3) is 0 Å². The maximum Gasteiger partial charge on any atom is 0.122 e. The smallest absolute Gasteiger partial charge is 0.122 e. The number of furan rings is 1. The fourth-order valence-corrected chi connectivity index (χ4v) is 3.15. The first-order chi connectivity index (χ1) is 9.27. The second kappa shape index (κ2) is 7.08. The van der Waals surface area contributed by atoms with Gasteiger partial charge in [0.15, 0.2) is 0 Å². The van der Waals surface area contributed by atoms with Crippen LogP contribution in [0, 0.1) is 0 Å². The molecule has 0 saturated carbocycles. The Morgan fingerprint density at radius 1 is 1.53 bits per heavy atom. The zero-order valence-electron chi connectivity index (χ0n) is 11.8. The van der Waals surface area contributed by atoms with Crippen molar-refractivity contribution in [3.05, 3.63) is 24.2 Å². The fourth-order valence-electron chi connectivity index (χ4n) is 3.15. The summed E-state index contributed by atoms with van der Waals surface area (Å²) in [6, 6.07) is 4.58. The van der Waals surface area contributed by atoms with E-state index in [0.29, 0.717) is 6.04 Å². The van der Waals surface area contributed by atoms with Crippen molar-refractivity contribution in [2.45, 2.75) is 57.2 Å². The van der Waals surface area contributed by atoms with Crippen LogP contribution in [0.3, 0.4) is 0 Å². The highest BCUT2D eigenvalue weighted by atomic mass is 16.3. The Bertz CT molecular complexity index is 351. The van der Waals surface area contributed by atoms with Crippen molar-refractivity contribution in [2.75, 3.05) is 13.2 Å². The lowest BCUT2D eigenvalue weighted by Gasteiger charge is -2.42. The van der Waals surface area contributed by atoms with Crippen molar-refractivity contribution in [1.82, 2.24) is 4.90 Å². The summed E-state index contributed by atoms with van der Waals surface area (Å²) in [5.74, 6) is 0.958. The largest absolute Gasteiger partial charge is 0.468 e. The number of hydrogen-bond donors (Lipinski definition) is 2. The summed E-state index contributed by atoms with van der Waals surface area (Å²) < 4.78 is 5.61. The summed E-state index contributed by atoms with van der Waals surface area (Å²) in [5.41, 5.74) is 6.33. The number of nitrogens with two attached hydrogens (primary N) is 1. The van der Waals surface area contributed by atoms with Crippen molar-refractivity contribution >= 4 is 0 Å². The van der Waals surface area contributed by atoms with Crippen LogP contribution in [0.5, 0.6) is 0 Å². The molecule has 4 heteroatoms. The first-order valence-electron chi connectivity index (χ1n) is 7.43. The number of piperidine rings is 1. The molecule has 3 atom stereocenters. The maximum atomic E-state index is 9.26. The minimum atomic E-state index is 0.0745. The molecule has 1 aliphatic heterocycles. The standard InChI is InChI=1S/C15H26N2O2/c1-2-13(16)15(14-7-5-11-19-14)17-9-4-3-6-12(17)8-10-18/h5,7,11-13,15,18H,2-4,6,8-10,16H2,1H3. The molecule has 0 bridgehead atoms. The number of aliphatic hydroxyl groups is 1. The van der Waals surface area contributed by atoms with Gasteiger partial charge < -0.3 is 15.3 Å². The molecule has 0 spiro atoms. The van der Waals surface area contributed by atoms with E-state index in [1.807, 2.05) is 12.1 Å². The van der Waals surface area contributed by atoms with Gasteiger partial charge in [-0.3, -0.25) is 4.90 Å². The number of likely N-dealkylation sites (tertiary alicyclic amines) is 1. The van der Waals surface area contributed by atoms with Crippen LogP contribution < -0.4 is 5.73 Å². The Labute approximate surface area is 115 Å². The van der Waals surface area contributed by atoms with Gasteiger partial charge in [0.05, 0.1) is 12.3 Å². The molecule has 108 valence electrons. The first-order valence-corrected chi connectivity index (χ1v) is 7.43. The Hall–Kier alpha value is -0.840. The molecule has 0 amide bonds. The Kier molecular flexibility index (Phi) is 5.43. The van der Waals surface area contributed by atoms with E-state index in [1.165, 1.54) is 12.8 Å². The zero-order valence-corrected chi connectivity index (χ0v) is 11.8. The topological polar surface area (TPSA) is 62.6 Å².